The lowest BCUT2D eigenvalue weighted by molar-refractivity contribution is 0.00285. The van der Waals surface area contributed by atoms with Crippen LogP contribution >= 0.6 is 0 Å². The Balaban J connectivity index is 2.27. The molecule has 0 aromatic carbocycles. The summed E-state index contributed by atoms with van der Waals surface area (Å²) in [5.74, 6) is 1.33. The molecule has 0 nitrogen and oxygen atoms in total. The van der Waals surface area contributed by atoms with Gasteiger partial charge in [0.15, 0.2) is 0 Å². The van der Waals surface area contributed by atoms with Gasteiger partial charge in [-0.1, -0.05) is 13.8 Å². The summed E-state index contributed by atoms with van der Waals surface area (Å²) < 4.78 is 12.8. The van der Waals surface area contributed by atoms with Crippen LogP contribution in [-0.2, 0) is 0 Å². The van der Waals surface area contributed by atoms with Crippen LogP contribution in [0.25, 0.3) is 0 Å². The first kappa shape index (κ1) is 7.04. The Morgan fingerprint density at radius 3 is 2.00 bits per heavy atom. The molecule has 1 aliphatic carbocycles. The second kappa shape index (κ2) is 1.96. The first-order valence-corrected chi connectivity index (χ1v) is 3.70. The van der Waals surface area contributed by atoms with Crippen LogP contribution in [0.5, 0.6) is 0 Å². The smallest absolute Gasteiger partial charge is 0.108 e. The molecular formula is C8H15F. The van der Waals surface area contributed by atoms with Gasteiger partial charge in [-0.25, -0.2) is 4.39 Å². The summed E-state index contributed by atoms with van der Waals surface area (Å²) in [6, 6.07) is 0. The standard InChI is InChI=1S/C8H15F/c1-6(2)7-4-8(3,9)5-7/h6-7H,4-5H2,1-3H3. The van der Waals surface area contributed by atoms with Crippen LogP contribution in [0.15, 0.2) is 0 Å². The summed E-state index contributed by atoms with van der Waals surface area (Å²) in [5.41, 5.74) is -0.824. The van der Waals surface area contributed by atoms with E-state index >= 15 is 0 Å². The molecule has 0 N–H and O–H groups in total. The van der Waals surface area contributed by atoms with E-state index in [1.807, 2.05) is 0 Å². The molecule has 0 aromatic rings. The first-order valence-electron chi connectivity index (χ1n) is 3.70. The van der Waals surface area contributed by atoms with Crippen LogP contribution in [0.4, 0.5) is 4.39 Å². The van der Waals surface area contributed by atoms with Crippen molar-refractivity contribution >= 4 is 0 Å². The van der Waals surface area contributed by atoms with Gasteiger partial charge >= 0.3 is 0 Å². The molecule has 0 spiro atoms. The molecule has 54 valence electrons. The van der Waals surface area contributed by atoms with Crippen LogP contribution in [0.2, 0.25) is 0 Å². The Morgan fingerprint density at radius 2 is 1.89 bits per heavy atom. The van der Waals surface area contributed by atoms with Crippen LogP contribution in [0.1, 0.15) is 33.6 Å². The predicted octanol–water partition coefficient (Wildman–Crippen LogP) is 2.78. The molecule has 0 unspecified atom stereocenters. The van der Waals surface area contributed by atoms with Crippen LogP contribution in [0, 0.1) is 11.8 Å². The SMILES string of the molecule is CC(C)C1CC(C)(F)C1. The Hall–Kier alpha value is -0.0700. The summed E-state index contributed by atoms with van der Waals surface area (Å²) in [6.45, 7) is 6.03. The minimum absolute atomic E-state index is 0.653. The largest absolute Gasteiger partial charge is 0.244 e. The highest BCUT2D eigenvalue weighted by Crippen LogP contribution is 2.44. The Labute approximate surface area is 56.5 Å². The molecular weight excluding hydrogens is 115 g/mol. The average molecular weight is 130 g/mol. The zero-order chi connectivity index (χ0) is 7.07. The lowest BCUT2D eigenvalue weighted by Gasteiger charge is -2.41. The molecule has 0 saturated heterocycles. The third-order valence-electron chi connectivity index (χ3n) is 2.32. The highest BCUT2D eigenvalue weighted by atomic mass is 19.1. The monoisotopic (exact) mass is 130 g/mol. The molecule has 1 fully saturated rings. The fraction of sp³-hybridized carbons (Fsp3) is 1.00. The second-order valence-electron chi connectivity index (χ2n) is 3.83. The molecule has 9 heavy (non-hydrogen) atoms. The summed E-state index contributed by atoms with van der Waals surface area (Å²) in [5, 5.41) is 0. The van der Waals surface area contributed by atoms with Gasteiger partial charge in [0.05, 0.1) is 0 Å². The average Bonchev–Trinajstić information content (AvgIpc) is 1.59. The van der Waals surface area contributed by atoms with Crippen molar-refractivity contribution in [1.82, 2.24) is 0 Å². The van der Waals surface area contributed by atoms with Crippen LogP contribution in [0.3, 0.4) is 0 Å². The van der Waals surface area contributed by atoms with Crippen molar-refractivity contribution in [2.24, 2.45) is 11.8 Å². The van der Waals surface area contributed by atoms with Gasteiger partial charge in [0.1, 0.15) is 5.67 Å². The fourth-order valence-corrected chi connectivity index (χ4v) is 1.50. The minimum Gasteiger partial charge on any atom is -0.244 e. The van der Waals surface area contributed by atoms with Gasteiger partial charge in [-0.15, -0.1) is 0 Å². The predicted molar refractivity (Wildman–Crippen MR) is 37.1 cm³/mol. The van der Waals surface area contributed by atoms with Gasteiger partial charge < -0.3 is 0 Å². The summed E-state index contributed by atoms with van der Waals surface area (Å²) in [7, 11) is 0. The summed E-state index contributed by atoms with van der Waals surface area (Å²) in [6.07, 6.45) is 1.56. The van der Waals surface area contributed by atoms with Crippen molar-refractivity contribution in [3.05, 3.63) is 0 Å². The third kappa shape index (κ3) is 1.44. The van der Waals surface area contributed by atoms with E-state index in [2.05, 4.69) is 13.8 Å². The molecule has 0 bridgehead atoms. The molecule has 0 aromatic heterocycles. The van der Waals surface area contributed by atoms with E-state index in [0.717, 1.165) is 12.8 Å². The van der Waals surface area contributed by atoms with Gasteiger partial charge in [-0.2, -0.15) is 0 Å². The molecule has 1 aliphatic rings. The molecule has 1 rings (SSSR count). The highest BCUT2D eigenvalue weighted by Gasteiger charge is 2.41. The molecule has 0 aliphatic heterocycles. The van der Waals surface area contributed by atoms with E-state index in [1.54, 1.807) is 6.92 Å². The lowest BCUT2D eigenvalue weighted by Crippen LogP contribution is -2.39. The van der Waals surface area contributed by atoms with E-state index in [1.165, 1.54) is 0 Å². The van der Waals surface area contributed by atoms with Crippen molar-refractivity contribution in [2.45, 2.75) is 39.3 Å². The van der Waals surface area contributed by atoms with Crippen molar-refractivity contribution in [3.63, 3.8) is 0 Å². The first-order chi connectivity index (χ1) is 4.01. The second-order valence-corrected chi connectivity index (χ2v) is 3.83. The van der Waals surface area contributed by atoms with Crippen molar-refractivity contribution in [2.75, 3.05) is 0 Å². The number of halogens is 1. The van der Waals surface area contributed by atoms with Crippen LogP contribution in [-0.4, -0.2) is 5.67 Å². The third-order valence-corrected chi connectivity index (χ3v) is 2.32. The maximum atomic E-state index is 12.8. The van der Waals surface area contributed by atoms with Gasteiger partial charge in [-0.3, -0.25) is 0 Å². The molecule has 1 saturated carbocycles. The van der Waals surface area contributed by atoms with Crippen LogP contribution < -0.4 is 0 Å². The zero-order valence-corrected chi connectivity index (χ0v) is 6.45. The fourth-order valence-electron chi connectivity index (χ4n) is 1.50. The number of hydrogen-bond acceptors (Lipinski definition) is 0. The van der Waals surface area contributed by atoms with Crippen molar-refractivity contribution in [1.29, 1.82) is 0 Å². The quantitative estimate of drug-likeness (QED) is 0.512. The van der Waals surface area contributed by atoms with Crippen molar-refractivity contribution in [3.8, 4) is 0 Å². The van der Waals surface area contributed by atoms with Gasteiger partial charge in [0.2, 0.25) is 0 Å². The maximum Gasteiger partial charge on any atom is 0.108 e. The topological polar surface area (TPSA) is 0 Å². The van der Waals surface area contributed by atoms with Crippen molar-refractivity contribution < 1.29 is 4.39 Å². The Bertz CT molecular complexity index is 97.1. The number of rotatable bonds is 1. The maximum absolute atomic E-state index is 12.8. The van der Waals surface area contributed by atoms with E-state index in [-0.39, 0.29) is 0 Å². The summed E-state index contributed by atoms with van der Waals surface area (Å²) >= 11 is 0. The van der Waals surface area contributed by atoms with E-state index in [4.69, 9.17) is 0 Å². The normalized spacial score (nSPS) is 43.0. The zero-order valence-electron chi connectivity index (χ0n) is 6.45. The molecule has 0 heterocycles. The highest BCUT2D eigenvalue weighted by molar-refractivity contribution is 4.91. The molecule has 0 amide bonds. The van der Waals surface area contributed by atoms with E-state index < -0.39 is 5.67 Å². The van der Waals surface area contributed by atoms with E-state index in [0.29, 0.717) is 11.8 Å². The Kier molecular flexibility index (Phi) is 1.54. The van der Waals surface area contributed by atoms with Gasteiger partial charge in [0.25, 0.3) is 0 Å². The lowest BCUT2D eigenvalue weighted by atomic mass is 9.68. The number of hydrogen-bond donors (Lipinski definition) is 0. The van der Waals surface area contributed by atoms with E-state index in [9.17, 15) is 4.39 Å². The Morgan fingerprint density at radius 1 is 1.44 bits per heavy atom. The molecule has 0 radical (unpaired) electrons. The molecule has 0 atom stereocenters. The van der Waals surface area contributed by atoms with Gasteiger partial charge in [-0.05, 0) is 31.6 Å². The van der Waals surface area contributed by atoms with Gasteiger partial charge in [0, 0.05) is 0 Å². The summed E-state index contributed by atoms with van der Waals surface area (Å²) in [4.78, 5) is 0. The minimum atomic E-state index is -0.824. The molecule has 1 heteroatoms. The number of alkyl halides is 1.